The molecule has 1 aliphatic rings. The number of urea groups is 1. The first-order valence-electron chi connectivity index (χ1n) is 5.56. The van der Waals surface area contributed by atoms with Crippen LogP contribution >= 0.6 is 0 Å². The number of nitrogens with one attached hydrogen (secondary N) is 1. The Balaban J connectivity index is 2.38. The molecule has 1 unspecified atom stereocenters. The molecule has 7 heteroatoms. The van der Waals surface area contributed by atoms with Crippen LogP contribution in [0.3, 0.4) is 0 Å². The standard InChI is InChI=1S/C10H18N2O5/c1-7-6-12(3-2-4-17-7)10(16)11-5-8(13)9(14)15/h7-8,13H,2-6H2,1H3,(H,11,16)(H,14,15)/t7?,8-/m0/s1. The smallest absolute Gasteiger partial charge is 0.334 e. The summed E-state index contributed by atoms with van der Waals surface area (Å²) < 4.78 is 5.38. The molecule has 1 rings (SSSR count). The Morgan fingerprint density at radius 1 is 1.59 bits per heavy atom. The second-order valence-corrected chi connectivity index (χ2v) is 4.02. The van der Waals surface area contributed by atoms with Crippen LogP contribution in [-0.4, -0.2) is 65.6 Å². The molecular formula is C10H18N2O5. The number of nitrogens with zero attached hydrogens (tertiary/aromatic N) is 1. The third-order valence-corrected chi connectivity index (χ3v) is 2.47. The van der Waals surface area contributed by atoms with E-state index in [9.17, 15) is 9.59 Å². The Morgan fingerprint density at radius 3 is 2.94 bits per heavy atom. The molecule has 0 aromatic carbocycles. The number of rotatable bonds is 3. The second-order valence-electron chi connectivity index (χ2n) is 4.02. The Hall–Kier alpha value is -1.34. The fraction of sp³-hybridized carbons (Fsp3) is 0.800. The summed E-state index contributed by atoms with van der Waals surface area (Å²) in [4.78, 5) is 23.6. The van der Waals surface area contributed by atoms with Crippen molar-refractivity contribution in [2.24, 2.45) is 0 Å². The van der Waals surface area contributed by atoms with Crippen LogP contribution in [0.15, 0.2) is 0 Å². The summed E-state index contributed by atoms with van der Waals surface area (Å²) in [6.45, 7) is 3.23. The Kier molecular flexibility index (Phi) is 5.17. The van der Waals surface area contributed by atoms with E-state index in [1.54, 1.807) is 4.90 Å². The molecule has 0 spiro atoms. The molecule has 0 saturated carbocycles. The van der Waals surface area contributed by atoms with E-state index in [0.717, 1.165) is 6.42 Å². The minimum Gasteiger partial charge on any atom is -0.479 e. The van der Waals surface area contributed by atoms with Crippen LogP contribution in [-0.2, 0) is 9.53 Å². The highest BCUT2D eigenvalue weighted by atomic mass is 16.5. The maximum atomic E-state index is 11.7. The average molecular weight is 246 g/mol. The van der Waals surface area contributed by atoms with Gasteiger partial charge in [-0.3, -0.25) is 0 Å². The lowest BCUT2D eigenvalue weighted by molar-refractivity contribution is -0.146. The molecule has 0 radical (unpaired) electrons. The van der Waals surface area contributed by atoms with E-state index in [0.29, 0.717) is 19.7 Å². The van der Waals surface area contributed by atoms with Crippen LogP contribution in [0.5, 0.6) is 0 Å². The van der Waals surface area contributed by atoms with Gasteiger partial charge in [-0.15, -0.1) is 0 Å². The number of aliphatic hydroxyl groups is 1. The molecular weight excluding hydrogens is 228 g/mol. The minimum absolute atomic E-state index is 0.0346. The second kappa shape index (κ2) is 6.41. The summed E-state index contributed by atoms with van der Waals surface area (Å²) in [5, 5.41) is 19.9. The SMILES string of the molecule is CC1CN(C(=O)NC[C@H](O)C(=O)O)CCCO1. The van der Waals surface area contributed by atoms with Crippen LogP contribution < -0.4 is 5.32 Å². The monoisotopic (exact) mass is 246 g/mol. The van der Waals surface area contributed by atoms with Gasteiger partial charge in [-0.05, 0) is 13.3 Å². The quantitative estimate of drug-likeness (QED) is 0.608. The molecule has 7 nitrogen and oxygen atoms in total. The molecule has 2 atom stereocenters. The number of aliphatic hydroxyl groups excluding tert-OH is 1. The van der Waals surface area contributed by atoms with Crippen molar-refractivity contribution < 1.29 is 24.5 Å². The Morgan fingerprint density at radius 2 is 2.29 bits per heavy atom. The van der Waals surface area contributed by atoms with Crippen LogP contribution in [0, 0.1) is 0 Å². The number of aliphatic carboxylic acids is 1. The van der Waals surface area contributed by atoms with E-state index in [2.05, 4.69) is 5.32 Å². The van der Waals surface area contributed by atoms with Crippen molar-refractivity contribution in [3.05, 3.63) is 0 Å². The van der Waals surface area contributed by atoms with Crippen molar-refractivity contribution in [2.45, 2.75) is 25.6 Å². The van der Waals surface area contributed by atoms with Gasteiger partial charge >= 0.3 is 12.0 Å². The van der Waals surface area contributed by atoms with Crippen molar-refractivity contribution in [3.8, 4) is 0 Å². The molecule has 0 aromatic rings. The molecule has 1 aliphatic heterocycles. The summed E-state index contributed by atoms with van der Waals surface area (Å²) in [6, 6.07) is -0.373. The Labute approximate surface area is 99.4 Å². The third kappa shape index (κ3) is 4.58. The average Bonchev–Trinajstić information content (AvgIpc) is 2.50. The fourth-order valence-electron chi connectivity index (χ4n) is 1.56. The molecule has 0 aromatic heterocycles. The van der Waals surface area contributed by atoms with Crippen molar-refractivity contribution in [2.75, 3.05) is 26.2 Å². The molecule has 1 heterocycles. The first-order chi connectivity index (χ1) is 8.00. The number of hydrogen-bond acceptors (Lipinski definition) is 4. The fourth-order valence-corrected chi connectivity index (χ4v) is 1.56. The van der Waals surface area contributed by atoms with Crippen molar-refractivity contribution in [1.29, 1.82) is 0 Å². The zero-order chi connectivity index (χ0) is 12.8. The third-order valence-electron chi connectivity index (χ3n) is 2.47. The van der Waals surface area contributed by atoms with Gasteiger partial charge in [-0.25, -0.2) is 9.59 Å². The topological polar surface area (TPSA) is 99.1 Å². The van der Waals surface area contributed by atoms with E-state index < -0.39 is 12.1 Å². The van der Waals surface area contributed by atoms with Crippen molar-refractivity contribution >= 4 is 12.0 Å². The summed E-state index contributed by atoms with van der Waals surface area (Å²) in [5.41, 5.74) is 0. The highest BCUT2D eigenvalue weighted by molar-refractivity contribution is 5.76. The molecule has 0 bridgehead atoms. The first-order valence-corrected chi connectivity index (χ1v) is 5.56. The molecule has 1 saturated heterocycles. The van der Waals surface area contributed by atoms with Crippen LogP contribution in [0.4, 0.5) is 4.79 Å². The van der Waals surface area contributed by atoms with Crippen LogP contribution in [0.2, 0.25) is 0 Å². The van der Waals surface area contributed by atoms with E-state index >= 15 is 0 Å². The number of carboxylic acids is 1. The largest absolute Gasteiger partial charge is 0.479 e. The maximum absolute atomic E-state index is 11.7. The lowest BCUT2D eigenvalue weighted by Gasteiger charge is -2.22. The number of hydrogen-bond donors (Lipinski definition) is 3. The van der Waals surface area contributed by atoms with Gasteiger partial charge in [-0.1, -0.05) is 0 Å². The van der Waals surface area contributed by atoms with E-state index in [1.807, 2.05) is 6.92 Å². The molecule has 17 heavy (non-hydrogen) atoms. The number of carbonyl (C=O) groups is 2. The highest BCUT2D eigenvalue weighted by Crippen LogP contribution is 2.05. The number of ether oxygens (including phenoxy) is 1. The number of amides is 2. The Bertz CT molecular complexity index is 284. The van der Waals surface area contributed by atoms with Gasteiger partial charge in [0.15, 0.2) is 6.10 Å². The molecule has 98 valence electrons. The summed E-state index contributed by atoms with van der Waals surface area (Å²) in [6.07, 6.45) is -0.855. The molecule has 2 amide bonds. The van der Waals surface area contributed by atoms with Gasteiger partial charge in [0, 0.05) is 19.7 Å². The number of carbonyl (C=O) groups excluding carboxylic acids is 1. The summed E-state index contributed by atoms with van der Waals surface area (Å²) in [7, 11) is 0. The minimum atomic E-state index is -1.57. The zero-order valence-electron chi connectivity index (χ0n) is 9.76. The summed E-state index contributed by atoms with van der Waals surface area (Å²) in [5.74, 6) is -1.35. The zero-order valence-corrected chi connectivity index (χ0v) is 9.76. The first kappa shape index (κ1) is 13.7. The predicted octanol–water partition coefficient (Wildman–Crippen LogP) is -0.748. The van der Waals surface area contributed by atoms with E-state index in [-0.39, 0.29) is 18.7 Å². The van der Waals surface area contributed by atoms with Crippen LogP contribution in [0.1, 0.15) is 13.3 Å². The van der Waals surface area contributed by atoms with Gasteiger partial charge < -0.3 is 25.2 Å². The lowest BCUT2D eigenvalue weighted by atomic mass is 10.3. The molecule has 0 aliphatic carbocycles. The van der Waals surface area contributed by atoms with E-state index in [1.165, 1.54) is 0 Å². The predicted molar refractivity (Wildman–Crippen MR) is 58.6 cm³/mol. The van der Waals surface area contributed by atoms with Gasteiger partial charge in [0.05, 0.1) is 12.6 Å². The van der Waals surface area contributed by atoms with Crippen molar-refractivity contribution in [3.63, 3.8) is 0 Å². The normalized spacial score (nSPS) is 22.7. The van der Waals surface area contributed by atoms with Gasteiger partial charge in [-0.2, -0.15) is 0 Å². The highest BCUT2D eigenvalue weighted by Gasteiger charge is 2.21. The summed E-state index contributed by atoms with van der Waals surface area (Å²) >= 11 is 0. The maximum Gasteiger partial charge on any atom is 0.334 e. The van der Waals surface area contributed by atoms with Gasteiger partial charge in [0.2, 0.25) is 0 Å². The van der Waals surface area contributed by atoms with Crippen LogP contribution in [0.25, 0.3) is 0 Å². The van der Waals surface area contributed by atoms with Gasteiger partial charge in [0.1, 0.15) is 0 Å². The van der Waals surface area contributed by atoms with Crippen molar-refractivity contribution in [1.82, 2.24) is 10.2 Å². The van der Waals surface area contributed by atoms with Gasteiger partial charge in [0.25, 0.3) is 0 Å². The van der Waals surface area contributed by atoms with E-state index in [4.69, 9.17) is 14.9 Å². The lowest BCUT2D eigenvalue weighted by Crippen LogP contribution is -2.46. The molecule has 3 N–H and O–H groups in total. The number of carboxylic acid groups (broad SMARTS) is 1. The molecule has 1 fully saturated rings.